The van der Waals surface area contributed by atoms with E-state index in [0.29, 0.717) is 41.2 Å². The van der Waals surface area contributed by atoms with Crippen LogP contribution < -0.4 is 10.6 Å². The molecular formula is C22H23ClF3N5O. The molecule has 1 amide bonds. The number of fused-ring (bicyclic) bond motifs is 1. The third-order valence-corrected chi connectivity index (χ3v) is 5.97. The van der Waals surface area contributed by atoms with Crippen LogP contribution in [0.1, 0.15) is 48.8 Å². The van der Waals surface area contributed by atoms with Crippen LogP contribution in [0.2, 0.25) is 5.02 Å². The maximum atomic E-state index is 13.3. The molecule has 2 heterocycles. The number of nitrogens with zero attached hydrogens (tertiary/aromatic N) is 3. The van der Waals surface area contributed by atoms with Crippen molar-refractivity contribution in [3.05, 3.63) is 52.9 Å². The van der Waals surface area contributed by atoms with Crippen LogP contribution in [-0.4, -0.2) is 32.8 Å². The summed E-state index contributed by atoms with van der Waals surface area (Å²) in [7, 11) is 0. The van der Waals surface area contributed by atoms with Gasteiger partial charge in [-0.3, -0.25) is 9.48 Å². The predicted octanol–water partition coefficient (Wildman–Crippen LogP) is 5.28. The standard InChI is InChI=1S/C22H23ClF3N5O/c1-2-31-19(9-10-27-31)21(32)29-15-6-4-14(5-7-15)28-18-12-20(22(24,25)26)30-17-8-3-13(23)11-16(17)18/h3,8-12,14-15H,2,4-7H2,1H3,(H,28,30)(H,29,32). The van der Waals surface area contributed by atoms with Crippen molar-refractivity contribution in [2.24, 2.45) is 0 Å². The lowest BCUT2D eigenvalue weighted by atomic mass is 9.90. The number of benzene rings is 1. The van der Waals surface area contributed by atoms with E-state index >= 15 is 0 Å². The molecule has 10 heteroatoms. The smallest absolute Gasteiger partial charge is 0.382 e. The minimum absolute atomic E-state index is 0.00937. The van der Waals surface area contributed by atoms with Crippen LogP contribution in [0.15, 0.2) is 36.5 Å². The molecular weight excluding hydrogens is 443 g/mol. The van der Waals surface area contributed by atoms with Crippen LogP contribution in [0.3, 0.4) is 0 Å². The van der Waals surface area contributed by atoms with E-state index in [2.05, 4.69) is 20.7 Å². The SMILES string of the molecule is CCn1nccc1C(=O)NC1CCC(Nc2cc(C(F)(F)F)nc3ccc(Cl)cc23)CC1. The number of alkyl halides is 3. The van der Waals surface area contributed by atoms with Crippen LogP contribution in [0, 0.1) is 0 Å². The molecule has 6 nitrogen and oxygen atoms in total. The van der Waals surface area contributed by atoms with Crippen LogP contribution in [-0.2, 0) is 12.7 Å². The first-order chi connectivity index (χ1) is 15.2. The molecule has 4 rings (SSSR count). The Balaban J connectivity index is 1.45. The highest BCUT2D eigenvalue weighted by molar-refractivity contribution is 6.31. The van der Waals surface area contributed by atoms with Gasteiger partial charge in [0.05, 0.1) is 5.52 Å². The first kappa shape index (κ1) is 22.4. The Labute approximate surface area is 188 Å². The van der Waals surface area contributed by atoms with E-state index in [-0.39, 0.29) is 23.5 Å². The van der Waals surface area contributed by atoms with Crippen molar-refractivity contribution in [1.82, 2.24) is 20.1 Å². The molecule has 0 saturated heterocycles. The van der Waals surface area contributed by atoms with Gasteiger partial charge in [-0.2, -0.15) is 18.3 Å². The topological polar surface area (TPSA) is 71.8 Å². The quantitative estimate of drug-likeness (QED) is 0.538. The van der Waals surface area contributed by atoms with E-state index < -0.39 is 11.9 Å². The molecule has 1 saturated carbocycles. The number of halogens is 4. The summed E-state index contributed by atoms with van der Waals surface area (Å²) in [4.78, 5) is 16.3. The number of aromatic nitrogens is 3. The molecule has 0 aliphatic heterocycles. The number of rotatable bonds is 5. The van der Waals surface area contributed by atoms with Crippen molar-refractivity contribution >= 4 is 34.1 Å². The van der Waals surface area contributed by atoms with Crippen molar-refractivity contribution in [2.45, 2.75) is 57.4 Å². The van der Waals surface area contributed by atoms with Gasteiger partial charge in [-0.1, -0.05) is 11.6 Å². The van der Waals surface area contributed by atoms with Gasteiger partial charge in [-0.05, 0) is 62.9 Å². The van der Waals surface area contributed by atoms with E-state index in [1.807, 2.05) is 6.92 Å². The molecule has 2 aromatic heterocycles. The number of hydrogen-bond donors (Lipinski definition) is 2. The summed E-state index contributed by atoms with van der Waals surface area (Å²) in [6.07, 6.45) is -0.0798. The second-order valence-electron chi connectivity index (χ2n) is 7.91. The lowest BCUT2D eigenvalue weighted by molar-refractivity contribution is -0.140. The molecule has 0 bridgehead atoms. The Morgan fingerprint density at radius 1 is 1.16 bits per heavy atom. The zero-order valence-electron chi connectivity index (χ0n) is 17.4. The summed E-state index contributed by atoms with van der Waals surface area (Å²) in [6, 6.07) is 7.35. The third-order valence-electron chi connectivity index (χ3n) is 5.73. The van der Waals surface area contributed by atoms with Crippen LogP contribution in [0.5, 0.6) is 0 Å². The molecule has 1 fully saturated rings. The Kier molecular flexibility index (Phi) is 6.28. The molecule has 0 spiro atoms. The van der Waals surface area contributed by atoms with E-state index in [9.17, 15) is 18.0 Å². The van der Waals surface area contributed by atoms with Crippen molar-refractivity contribution in [2.75, 3.05) is 5.32 Å². The second-order valence-corrected chi connectivity index (χ2v) is 8.35. The Hall–Kier alpha value is -2.81. The predicted molar refractivity (Wildman–Crippen MR) is 117 cm³/mol. The molecule has 0 atom stereocenters. The number of nitrogens with one attached hydrogen (secondary N) is 2. The normalized spacial score (nSPS) is 19.2. The first-order valence-corrected chi connectivity index (χ1v) is 10.9. The minimum atomic E-state index is -4.54. The summed E-state index contributed by atoms with van der Waals surface area (Å²) in [5, 5.41) is 11.4. The number of carbonyl (C=O) groups excluding carboxylic acids is 1. The lowest BCUT2D eigenvalue weighted by Crippen LogP contribution is -2.40. The average Bonchev–Trinajstić information content (AvgIpc) is 3.24. The van der Waals surface area contributed by atoms with E-state index in [1.165, 1.54) is 12.1 Å². The molecule has 3 aromatic rings. The monoisotopic (exact) mass is 465 g/mol. The van der Waals surface area contributed by atoms with Gasteiger partial charge in [0.1, 0.15) is 11.4 Å². The summed E-state index contributed by atoms with van der Waals surface area (Å²) >= 11 is 6.07. The minimum Gasteiger partial charge on any atom is -0.382 e. The van der Waals surface area contributed by atoms with Gasteiger partial charge in [0, 0.05) is 40.9 Å². The Morgan fingerprint density at radius 2 is 1.88 bits per heavy atom. The molecule has 0 unspecified atom stereocenters. The largest absolute Gasteiger partial charge is 0.433 e. The molecule has 1 aliphatic rings. The number of carbonyl (C=O) groups is 1. The second kappa shape index (κ2) is 8.97. The third kappa shape index (κ3) is 4.82. The first-order valence-electron chi connectivity index (χ1n) is 10.5. The maximum absolute atomic E-state index is 13.3. The highest BCUT2D eigenvalue weighted by atomic mass is 35.5. The van der Waals surface area contributed by atoms with Crippen LogP contribution >= 0.6 is 11.6 Å². The number of amides is 1. The fourth-order valence-corrected chi connectivity index (χ4v) is 4.27. The fourth-order valence-electron chi connectivity index (χ4n) is 4.10. The van der Waals surface area contributed by atoms with Crippen molar-refractivity contribution < 1.29 is 18.0 Å². The van der Waals surface area contributed by atoms with Gasteiger partial charge < -0.3 is 10.6 Å². The summed E-state index contributed by atoms with van der Waals surface area (Å²) in [6.45, 7) is 2.52. The van der Waals surface area contributed by atoms with Gasteiger partial charge in [-0.15, -0.1) is 0 Å². The summed E-state index contributed by atoms with van der Waals surface area (Å²) in [5.41, 5.74) is 0.181. The summed E-state index contributed by atoms with van der Waals surface area (Å²) < 4.78 is 41.6. The van der Waals surface area contributed by atoms with Gasteiger partial charge >= 0.3 is 6.18 Å². The van der Waals surface area contributed by atoms with E-state index in [4.69, 9.17) is 11.6 Å². The van der Waals surface area contributed by atoms with Crippen LogP contribution in [0.25, 0.3) is 10.9 Å². The van der Waals surface area contributed by atoms with Gasteiger partial charge in [0.2, 0.25) is 0 Å². The highest BCUT2D eigenvalue weighted by Crippen LogP contribution is 2.35. The lowest BCUT2D eigenvalue weighted by Gasteiger charge is -2.30. The van der Waals surface area contributed by atoms with Gasteiger partial charge in [0.15, 0.2) is 0 Å². The maximum Gasteiger partial charge on any atom is 0.433 e. The zero-order chi connectivity index (χ0) is 22.9. The molecule has 1 aliphatic carbocycles. The molecule has 1 aromatic carbocycles. The zero-order valence-corrected chi connectivity index (χ0v) is 18.2. The molecule has 0 radical (unpaired) electrons. The van der Waals surface area contributed by atoms with Crippen molar-refractivity contribution in [3.8, 4) is 0 Å². The number of pyridine rings is 1. The number of anilines is 1. The Bertz CT molecular complexity index is 1120. The van der Waals surface area contributed by atoms with Crippen molar-refractivity contribution in [3.63, 3.8) is 0 Å². The molecule has 2 N–H and O–H groups in total. The fraction of sp³-hybridized carbons (Fsp3) is 0.409. The number of hydrogen-bond acceptors (Lipinski definition) is 4. The molecule has 170 valence electrons. The van der Waals surface area contributed by atoms with Gasteiger partial charge in [0.25, 0.3) is 5.91 Å². The average molecular weight is 466 g/mol. The van der Waals surface area contributed by atoms with E-state index in [0.717, 1.165) is 18.9 Å². The highest BCUT2D eigenvalue weighted by Gasteiger charge is 2.34. The molecule has 32 heavy (non-hydrogen) atoms. The summed E-state index contributed by atoms with van der Waals surface area (Å²) in [5.74, 6) is -0.162. The van der Waals surface area contributed by atoms with Crippen LogP contribution in [0.4, 0.5) is 18.9 Å². The Morgan fingerprint density at radius 3 is 2.56 bits per heavy atom. The van der Waals surface area contributed by atoms with E-state index in [1.54, 1.807) is 23.0 Å². The van der Waals surface area contributed by atoms with Crippen molar-refractivity contribution in [1.29, 1.82) is 0 Å². The number of aryl methyl sites for hydroxylation is 1. The van der Waals surface area contributed by atoms with Gasteiger partial charge in [-0.25, -0.2) is 4.98 Å².